The largest absolute Gasteiger partial charge is 0.381 e. The van der Waals surface area contributed by atoms with Crippen molar-refractivity contribution in [1.29, 1.82) is 0 Å². The molecule has 0 spiro atoms. The lowest BCUT2D eigenvalue weighted by Crippen LogP contribution is -2.39. The van der Waals surface area contributed by atoms with Crippen molar-refractivity contribution in [1.82, 2.24) is 10.6 Å². The Labute approximate surface area is 155 Å². The van der Waals surface area contributed by atoms with Crippen LogP contribution in [0.3, 0.4) is 0 Å². The van der Waals surface area contributed by atoms with Crippen LogP contribution in [0.1, 0.15) is 12.0 Å². The van der Waals surface area contributed by atoms with Gasteiger partial charge in [0.1, 0.15) is 0 Å². The molecule has 22 heavy (non-hydrogen) atoms. The van der Waals surface area contributed by atoms with Crippen LogP contribution in [0.15, 0.2) is 35.3 Å². The van der Waals surface area contributed by atoms with Gasteiger partial charge in [0.15, 0.2) is 5.96 Å². The third-order valence-electron chi connectivity index (χ3n) is 2.96. The number of guanidine groups is 1. The quantitative estimate of drug-likeness (QED) is 0.256. The summed E-state index contributed by atoms with van der Waals surface area (Å²) in [7, 11) is 1.80. The molecule has 0 radical (unpaired) electrons. The highest BCUT2D eigenvalue weighted by atomic mass is 127. The predicted molar refractivity (Wildman–Crippen MR) is 109 cm³/mol. The SMILES string of the molecule is CN=C(NCCCOCCc1ccccc1)NCCSC.I. The molecule has 1 rings (SSSR count). The minimum Gasteiger partial charge on any atom is -0.381 e. The number of hydrogen-bond donors (Lipinski definition) is 2. The highest BCUT2D eigenvalue weighted by molar-refractivity contribution is 14.0. The molecule has 0 heterocycles. The summed E-state index contributed by atoms with van der Waals surface area (Å²) >= 11 is 1.82. The van der Waals surface area contributed by atoms with Gasteiger partial charge < -0.3 is 15.4 Å². The fraction of sp³-hybridized carbons (Fsp3) is 0.562. The lowest BCUT2D eigenvalue weighted by molar-refractivity contribution is 0.135. The van der Waals surface area contributed by atoms with Crippen LogP contribution < -0.4 is 10.6 Å². The van der Waals surface area contributed by atoms with Crippen molar-refractivity contribution >= 4 is 41.7 Å². The summed E-state index contributed by atoms with van der Waals surface area (Å²) in [5, 5.41) is 6.56. The van der Waals surface area contributed by atoms with Crippen molar-refractivity contribution in [3.05, 3.63) is 35.9 Å². The zero-order valence-corrected chi connectivity index (χ0v) is 16.7. The van der Waals surface area contributed by atoms with Crippen LogP contribution >= 0.6 is 35.7 Å². The third kappa shape index (κ3) is 11.1. The van der Waals surface area contributed by atoms with E-state index in [1.54, 1.807) is 7.05 Å². The van der Waals surface area contributed by atoms with Gasteiger partial charge in [-0.05, 0) is 24.7 Å². The predicted octanol–water partition coefficient (Wildman–Crippen LogP) is 2.78. The fourth-order valence-electron chi connectivity index (χ4n) is 1.81. The topological polar surface area (TPSA) is 45.7 Å². The number of aliphatic imine (C=N–C) groups is 1. The van der Waals surface area contributed by atoms with Gasteiger partial charge >= 0.3 is 0 Å². The van der Waals surface area contributed by atoms with E-state index in [9.17, 15) is 0 Å². The first kappa shape index (κ1) is 21.5. The Hall–Kier alpha value is -0.470. The molecule has 0 fully saturated rings. The van der Waals surface area contributed by atoms with E-state index in [0.717, 1.165) is 50.9 Å². The summed E-state index contributed by atoms with van der Waals surface area (Å²) in [4.78, 5) is 4.18. The molecule has 0 saturated heterocycles. The molecule has 1 aromatic rings. The second kappa shape index (κ2) is 15.4. The van der Waals surface area contributed by atoms with Gasteiger partial charge in [0, 0.05) is 32.5 Å². The molecule has 1 aromatic carbocycles. The van der Waals surface area contributed by atoms with Crippen LogP contribution in [0.2, 0.25) is 0 Å². The van der Waals surface area contributed by atoms with Crippen LogP contribution in [0.25, 0.3) is 0 Å². The number of thioether (sulfide) groups is 1. The summed E-state index contributed by atoms with van der Waals surface area (Å²) in [5.74, 6) is 1.96. The molecule has 0 amide bonds. The Morgan fingerprint density at radius 1 is 1.14 bits per heavy atom. The van der Waals surface area contributed by atoms with Crippen molar-refractivity contribution in [3.63, 3.8) is 0 Å². The molecule has 2 N–H and O–H groups in total. The van der Waals surface area contributed by atoms with E-state index >= 15 is 0 Å². The average molecular weight is 437 g/mol. The first-order valence-corrected chi connectivity index (χ1v) is 8.81. The molecule has 0 aliphatic carbocycles. The second-order valence-corrected chi connectivity index (χ2v) is 5.61. The fourth-order valence-corrected chi connectivity index (χ4v) is 2.12. The highest BCUT2D eigenvalue weighted by Crippen LogP contribution is 1.99. The molecule has 126 valence electrons. The minimum absolute atomic E-state index is 0. The Kier molecular flexibility index (Phi) is 15.1. The van der Waals surface area contributed by atoms with E-state index in [1.807, 2.05) is 17.8 Å². The second-order valence-electron chi connectivity index (χ2n) is 4.62. The summed E-state index contributed by atoms with van der Waals surface area (Å²) in [6, 6.07) is 10.4. The van der Waals surface area contributed by atoms with Gasteiger partial charge in [-0.1, -0.05) is 30.3 Å². The number of benzene rings is 1. The highest BCUT2D eigenvalue weighted by Gasteiger charge is 1.96. The van der Waals surface area contributed by atoms with Gasteiger partial charge in [-0.25, -0.2) is 0 Å². The molecule has 0 aliphatic heterocycles. The van der Waals surface area contributed by atoms with Gasteiger partial charge in [0.2, 0.25) is 0 Å². The maximum atomic E-state index is 5.65. The lowest BCUT2D eigenvalue weighted by Gasteiger charge is -2.11. The number of halogens is 1. The van der Waals surface area contributed by atoms with Gasteiger partial charge in [0.05, 0.1) is 6.61 Å². The Bertz CT molecular complexity index is 390. The molecule has 0 atom stereocenters. The first-order valence-electron chi connectivity index (χ1n) is 7.42. The van der Waals surface area contributed by atoms with E-state index in [2.05, 4.69) is 46.1 Å². The van der Waals surface area contributed by atoms with Crippen molar-refractivity contribution in [2.75, 3.05) is 45.4 Å². The lowest BCUT2D eigenvalue weighted by atomic mass is 10.2. The number of ether oxygens (including phenoxy) is 1. The van der Waals surface area contributed by atoms with Crippen molar-refractivity contribution in [2.45, 2.75) is 12.8 Å². The van der Waals surface area contributed by atoms with Crippen LogP contribution in [0.4, 0.5) is 0 Å². The van der Waals surface area contributed by atoms with Gasteiger partial charge in [-0.2, -0.15) is 11.8 Å². The zero-order valence-electron chi connectivity index (χ0n) is 13.5. The maximum absolute atomic E-state index is 5.65. The summed E-state index contributed by atoms with van der Waals surface area (Å²) in [6.07, 6.45) is 4.06. The first-order chi connectivity index (χ1) is 10.4. The number of rotatable bonds is 10. The van der Waals surface area contributed by atoms with Crippen LogP contribution in [0.5, 0.6) is 0 Å². The van der Waals surface area contributed by atoms with E-state index in [0.29, 0.717) is 0 Å². The van der Waals surface area contributed by atoms with Crippen molar-refractivity contribution in [2.24, 2.45) is 4.99 Å². The van der Waals surface area contributed by atoms with Crippen LogP contribution in [-0.2, 0) is 11.2 Å². The standard InChI is InChI=1S/C16H27N3OS.HI/c1-17-16(19-11-14-21-2)18-10-6-12-20-13-9-15-7-4-3-5-8-15;/h3-5,7-8H,6,9-14H2,1-2H3,(H2,17,18,19);1H. The monoisotopic (exact) mass is 437 g/mol. The molecular weight excluding hydrogens is 409 g/mol. The van der Waals surface area contributed by atoms with Crippen molar-refractivity contribution in [3.8, 4) is 0 Å². The molecule has 0 bridgehead atoms. The van der Waals surface area contributed by atoms with Gasteiger partial charge in [0.25, 0.3) is 0 Å². The van der Waals surface area contributed by atoms with E-state index < -0.39 is 0 Å². The normalized spacial score (nSPS) is 10.9. The molecule has 6 heteroatoms. The molecule has 4 nitrogen and oxygen atoms in total. The van der Waals surface area contributed by atoms with Gasteiger partial charge in [-0.3, -0.25) is 4.99 Å². The van der Waals surface area contributed by atoms with Crippen LogP contribution in [-0.4, -0.2) is 51.3 Å². The summed E-state index contributed by atoms with van der Waals surface area (Å²) < 4.78 is 5.65. The molecule has 0 saturated carbocycles. The number of hydrogen-bond acceptors (Lipinski definition) is 3. The molecule has 0 aliphatic rings. The Balaban J connectivity index is 0.00000441. The summed E-state index contributed by atoms with van der Waals surface area (Å²) in [5.41, 5.74) is 1.33. The third-order valence-corrected chi connectivity index (χ3v) is 3.57. The average Bonchev–Trinajstić information content (AvgIpc) is 2.53. The van der Waals surface area contributed by atoms with Crippen molar-refractivity contribution < 1.29 is 4.74 Å². The van der Waals surface area contributed by atoms with E-state index in [-0.39, 0.29) is 24.0 Å². The smallest absolute Gasteiger partial charge is 0.191 e. The minimum atomic E-state index is 0. The molecule has 0 unspecified atom stereocenters. The van der Waals surface area contributed by atoms with E-state index in [4.69, 9.17) is 4.74 Å². The number of nitrogens with zero attached hydrogens (tertiary/aromatic N) is 1. The maximum Gasteiger partial charge on any atom is 0.191 e. The summed E-state index contributed by atoms with van der Waals surface area (Å²) in [6.45, 7) is 3.38. The molecular formula is C16H28IN3OS. The van der Waals surface area contributed by atoms with Gasteiger partial charge in [-0.15, -0.1) is 24.0 Å². The molecule has 0 aromatic heterocycles. The van der Waals surface area contributed by atoms with E-state index in [1.165, 1.54) is 5.56 Å². The number of nitrogens with one attached hydrogen (secondary N) is 2. The van der Waals surface area contributed by atoms with Crippen LogP contribution in [0, 0.1) is 0 Å². The zero-order chi connectivity index (χ0) is 15.2. The Morgan fingerprint density at radius 2 is 1.86 bits per heavy atom. The Morgan fingerprint density at radius 3 is 2.55 bits per heavy atom.